The van der Waals surface area contributed by atoms with Crippen LogP contribution in [0.1, 0.15) is 12.8 Å². The standard InChI is InChI=1S/C13H25N3O2.ClH/c1-15-6-8-16(9-7-15)12(17)13(4-10-18-2)3-5-14-11-13;/h14H,3-11H2,1-2H3;1H. The molecule has 2 saturated heterocycles. The summed E-state index contributed by atoms with van der Waals surface area (Å²) in [5.41, 5.74) is -0.216. The predicted octanol–water partition coefficient (Wildman–Crippen LogP) is 0.198. The van der Waals surface area contributed by atoms with E-state index in [1.54, 1.807) is 7.11 Å². The first-order chi connectivity index (χ1) is 8.68. The van der Waals surface area contributed by atoms with Gasteiger partial charge in [0.2, 0.25) is 5.91 Å². The molecule has 2 aliphatic rings. The summed E-state index contributed by atoms with van der Waals surface area (Å²) in [6.07, 6.45) is 1.78. The third kappa shape index (κ3) is 3.81. The van der Waals surface area contributed by atoms with Crippen molar-refractivity contribution in [2.24, 2.45) is 5.41 Å². The monoisotopic (exact) mass is 291 g/mol. The van der Waals surface area contributed by atoms with Gasteiger partial charge < -0.3 is 19.9 Å². The van der Waals surface area contributed by atoms with E-state index >= 15 is 0 Å². The molecule has 1 N–H and O–H groups in total. The van der Waals surface area contributed by atoms with Crippen LogP contribution in [0.2, 0.25) is 0 Å². The van der Waals surface area contributed by atoms with E-state index in [4.69, 9.17) is 4.74 Å². The first-order valence-corrected chi connectivity index (χ1v) is 6.85. The van der Waals surface area contributed by atoms with E-state index in [2.05, 4.69) is 17.3 Å². The van der Waals surface area contributed by atoms with Crippen LogP contribution in [0.5, 0.6) is 0 Å². The van der Waals surface area contributed by atoms with Crippen LogP contribution < -0.4 is 5.32 Å². The van der Waals surface area contributed by atoms with E-state index in [1.165, 1.54) is 0 Å². The van der Waals surface area contributed by atoms with Crippen molar-refractivity contribution in [3.05, 3.63) is 0 Å². The lowest BCUT2D eigenvalue weighted by atomic mass is 9.82. The van der Waals surface area contributed by atoms with Crippen molar-refractivity contribution < 1.29 is 9.53 Å². The fourth-order valence-electron chi connectivity index (χ4n) is 2.89. The topological polar surface area (TPSA) is 44.8 Å². The van der Waals surface area contributed by atoms with Crippen molar-refractivity contribution in [3.8, 4) is 0 Å². The Morgan fingerprint density at radius 3 is 2.53 bits per heavy atom. The van der Waals surface area contributed by atoms with E-state index in [0.29, 0.717) is 12.5 Å². The number of nitrogens with one attached hydrogen (secondary N) is 1. The van der Waals surface area contributed by atoms with Gasteiger partial charge in [-0.2, -0.15) is 0 Å². The van der Waals surface area contributed by atoms with Gasteiger partial charge in [0.15, 0.2) is 0 Å². The molecule has 1 atom stereocenters. The van der Waals surface area contributed by atoms with Crippen molar-refractivity contribution in [2.75, 3.05) is 60.0 Å². The van der Waals surface area contributed by atoms with Crippen molar-refractivity contribution in [2.45, 2.75) is 12.8 Å². The van der Waals surface area contributed by atoms with Crippen LogP contribution in [0.15, 0.2) is 0 Å². The fraction of sp³-hybridized carbons (Fsp3) is 0.923. The highest BCUT2D eigenvalue weighted by atomic mass is 35.5. The van der Waals surface area contributed by atoms with Crippen LogP contribution in [-0.4, -0.2) is 75.7 Å². The molecule has 0 aliphatic carbocycles. The summed E-state index contributed by atoms with van der Waals surface area (Å²) < 4.78 is 5.18. The van der Waals surface area contributed by atoms with Gasteiger partial charge in [-0.05, 0) is 26.4 Å². The second-order valence-corrected chi connectivity index (χ2v) is 5.55. The first kappa shape index (κ1) is 16.7. The zero-order valence-electron chi connectivity index (χ0n) is 12.0. The summed E-state index contributed by atoms with van der Waals surface area (Å²) >= 11 is 0. The number of hydrogen-bond acceptors (Lipinski definition) is 4. The summed E-state index contributed by atoms with van der Waals surface area (Å²) in [6, 6.07) is 0. The number of piperazine rings is 1. The van der Waals surface area contributed by atoms with Crippen LogP contribution >= 0.6 is 12.4 Å². The summed E-state index contributed by atoms with van der Waals surface area (Å²) in [7, 11) is 3.82. The van der Waals surface area contributed by atoms with Crippen molar-refractivity contribution in [3.63, 3.8) is 0 Å². The normalized spacial score (nSPS) is 28.2. The molecule has 1 amide bonds. The third-order valence-electron chi connectivity index (χ3n) is 4.27. The number of carbonyl (C=O) groups is 1. The van der Waals surface area contributed by atoms with Crippen LogP contribution in [0, 0.1) is 5.41 Å². The van der Waals surface area contributed by atoms with Crippen LogP contribution in [-0.2, 0) is 9.53 Å². The van der Waals surface area contributed by atoms with Gasteiger partial charge in [0, 0.05) is 46.4 Å². The van der Waals surface area contributed by atoms with E-state index in [9.17, 15) is 4.79 Å². The zero-order chi connectivity index (χ0) is 13.0. The minimum atomic E-state index is -0.216. The highest BCUT2D eigenvalue weighted by Gasteiger charge is 2.43. The molecule has 2 heterocycles. The second-order valence-electron chi connectivity index (χ2n) is 5.55. The number of hydrogen-bond donors (Lipinski definition) is 1. The van der Waals surface area contributed by atoms with E-state index in [0.717, 1.165) is 52.1 Å². The van der Waals surface area contributed by atoms with Gasteiger partial charge in [0.1, 0.15) is 0 Å². The Morgan fingerprint density at radius 1 is 1.32 bits per heavy atom. The number of rotatable bonds is 4. The van der Waals surface area contributed by atoms with Gasteiger partial charge in [0.25, 0.3) is 0 Å². The van der Waals surface area contributed by atoms with Gasteiger partial charge in [-0.1, -0.05) is 0 Å². The number of nitrogens with zero attached hydrogens (tertiary/aromatic N) is 2. The van der Waals surface area contributed by atoms with Crippen LogP contribution in [0.3, 0.4) is 0 Å². The third-order valence-corrected chi connectivity index (χ3v) is 4.27. The van der Waals surface area contributed by atoms with Gasteiger partial charge in [-0.25, -0.2) is 0 Å². The first-order valence-electron chi connectivity index (χ1n) is 6.85. The number of ether oxygens (including phenoxy) is 1. The van der Waals surface area contributed by atoms with Gasteiger partial charge in [-0.3, -0.25) is 4.79 Å². The molecule has 6 heteroatoms. The largest absolute Gasteiger partial charge is 0.385 e. The molecule has 2 aliphatic heterocycles. The molecule has 5 nitrogen and oxygen atoms in total. The maximum atomic E-state index is 12.7. The molecular formula is C13H26ClN3O2. The van der Waals surface area contributed by atoms with Crippen molar-refractivity contribution in [1.82, 2.24) is 15.1 Å². The lowest BCUT2D eigenvalue weighted by molar-refractivity contribution is -0.143. The summed E-state index contributed by atoms with van der Waals surface area (Å²) in [5.74, 6) is 0.331. The molecular weight excluding hydrogens is 266 g/mol. The quantitative estimate of drug-likeness (QED) is 0.804. The average molecular weight is 292 g/mol. The molecule has 2 fully saturated rings. The van der Waals surface area contributed by atoms with Crippen molar-refractivity contribution >= 4 is 18.3 Å². The van der Waals surface area contributed by atoms with Gasteiger partial charge in [-0.15, -0.1) is 12.4 Å². The summed E-state index contributed by atoms with van der Waals surface area (Å²) in [5, 5.41) is 3.34. The van der Waals surface area contributed by atoms with E-state index in [-0.39, 0.29) is 17.8 Å². The number of methoxy groups -OCH3 is 1. The average Bonchev–Trinajstić information content (AvgIpc) is 2.86. The van der Waals surface area contributed by atoms with E-state index in [1.807, 2.05) is 4.90 Å². The molecule has 19 heavy (non-hydrogen) atoms. The SMILES string of the molecule is COCCC1(C(=O)N2CCN(C)CC2)CCNC1.Cl. The van der Waals surface area contributed by atoms with Crippen LogP contribution in [0.25, 0.3) is 0 Å². The molecule has 2 rings (SSSR count). The lowest BCUT2D eigenvalue weighted by Gasteiger charge is -2.38. The fourth-order valence-corrected chi connectivity index (χ4v) is 2.89. The zero-order valence-corrected chi connectivity index (χ0v) is 12.8. The Balaban J connectivity index is 0.00000180. The molecule has 0 aromatic heterocycles. The Hall–Kier alpha value is -0.360. The van der Waals surface area contributed by atoms with Gasteiger partial charge in [0.05, 0.1) is 5.41 Å². The lowest BCUT2D eigenvalue weighted by Crippen LogP contribution is -2.53. The van der Waals surface area contributed by atoms with Crippen molar-refractivity contribution in [1.29, 1.82) is 0 Å². The number of halogens is 1. The molecule has 0 radical (unpaired) electrons. The van der Waals surface area contributed by atoms with Gasteiger partial charge >= 0.3 is 0 Å². The molecule has 1 unspecified atom stereocenters. The molecule has 0 aromatic carbocycles. The maximum absolute atomic E-state index is 12.7. The summed E-state index contributed by atoms with van der Waals surface area (Å²) in [6.45, 7) is 6.12. The highest BCUT2D eigenvalue weighted by Crippen LogP contribution is 2.32. The minimum Gasteiger partial charge on any atom is -0.385 e. The highest BCUT2D eigenvalue weighted by molar-refractivity contribution is 5.85. The Kier molecular flexibility index (Phi) is 6.53. The minimum absolute atomic E-state index is 0. The Bertz CT molecular complexity index is 288. The number of amides is 1. The molecule has 0 saturated carbocycles. The molecule has 0 bridgehead atoms. The maximum Gasteiger partial charge on any atom is 0.230 e. The molecule has 0 spiro atoms. The van der Waals surface area contributed by atoms with E-state index < -0.39 is 0 Å². The smallest absolute Gasteiger partial charge is 0.230 e. The Labute approximate surface area is 122 Å². The molecule has 112 valence electrons. The second kappa shape index (κ2) is 7.43. The number of carbonyl (C=O) groups excluding carboxylic acids is 1. The number of likely N-dealkylation sites (N-methyl/N-ethyl adjacent to an activating group) is 1. The van der Waals surface area contributed by atoms with Crippen LogP contribution in [0.4, 0.5) is 0 Å². The Morgan fingerprint density at radius 2 is 2.00 bits per heavy atom. The summed E-state index contributed by atoms with van der Waals surface area (Å²) in [4.78, 5) is 17.1. The predicted molar refractivity (Wildman–Crippen MR) is 77.7 cm³/mol. The molecule has 0 aromatic rings.